The summed E-state index contributed by atoms with van der Waals surface area (Å²) in [4.78, 5) is 11.6. The van der Waals surface area contributed by atoms with Crippen LogP contribution in [0.1, 0.15) is 0 Å². The summed E-state index contributed by atoms with van der Waals surface area (Å²) >= 11 is 1.10. The quantitative estimate of drug-likeness (QED) is 0.899. The third kappa shape index (κ3) is 2.78. The summed E-state index contributed by atoms with van der Waals surface area (Å²) in [5, 5.41) is 4.15. The zero-order chi connectivity index (χ0) is 14.9. The van der Waals surface area contributed by atoms with Gasteiger partial charge in [-0.3, -0.25) is 0 Å². The van der Waals surface area contributed by atoms with Gasteiger partial charge < -0.3 is 14.8 Å². The fourth-order valence-corrected chi connectivity index (χ4v) is 4.08. The van der Waals surface area contributed by atoms with Crippen molar-refractivity contribution in [2.75, 3.05) is 12.1 Å². The molecule has 110 valence electrons. The van der Waals surface area contributed by atoms with E-state index in [9.17, 15) is 13.2 Å². The highest BCUT2D eigenvalue weighted by molar-refractivity contribution is 7.90. The molecule has 2 amide bonds. The monoisotopic (exact) mass is 326 g/mol. The lowest BCUT2D eigenvalue weighted by molar-refractivity contribution is 0.102. The number of anilines is 1. The van der Waals surface area contributed by atoms with Crippen LogP contribution < -0.4 is 19.5 Å². The molecule has 0 spiro atoms. The van der Waals surface area contributed by atoms with E-state index >= 15 is 0 Å². The topological polar surface area (TPSA) is 93.7 Å². The number of benzene rings is 1. The smallest absolute Gasteiger partial charge is 0.333 e. The number of para-hydroxylation sites is 1. The first-order chi connectivity index (χ1) is 10.1. The minimum atomic E-state index is -4.06. The summed E-state index contributed by atoms with van der Waals surface area (Å²) in [6.07, 6.45) is 0. The van der Waals surface area contributed by atoms with Crippen LogP contribution in [0.3, 0.4) is 0 Å². The summed E-state index contributed by atoms with van der Waals surface area (Å²) < 4.78 is 36.5. The predicted octanol–water partition coefficient (Wildman–Crippen LogP) is 1.99. The van der Waals surface area contributed by atoms with E-state index in [2.05, 4.69) is 5.32 Å². The minimum Gasteiger partial charge on any atom is -0.455 e. The van der Waals surface area contributed by atoms with Gasteiger partial charge in [0, 0.05) is 11.1 Å². The first-order valence-electron chi connectivity index (χ1n) is 5.82. The second-order valence-electron chi connectivity index (χ2n) is 4.05. The molecule has 0 fully saturated rings. The zero-order valence-corrected chi connectivity index (χ0v) is 12.2. The van der Waals surface area contributed by atoms with E-state index in [4.69, 9.17) is 9.47 Å². The lowest BCUT2D eigenvalue weighted by atomic mass is 10.3. The Bertz CT molecular complexity index is 749. The standard InChI is InChI=1S/C12H10N2O5S2/c15-12(13-8-4-2-1-3-5-8)14-21(16,17)10-9-6-20-11(10)19-7-18-9/h1-6H,7H2,(H2,13,14,15). The second kappa shape index (κ2) is 5.26. The van der Waals surface area contributed by atoms with Crippen molar-refractivity contribution in [2.24, 2.45) is 0 Å². The van der Waals surface area contributed by atoms with Gasteiger partial charge in [0.2, 0.25) is 11.9 Å². The number of hydrogen-bond acceptors (Lipinski definition) is 6. The number of sulfonamides is 1. The number of carbonyl (C=O) groups is 1. The average molecular weight is 326 g/mol. The first kappa shape index (κ1) is 13.7. The lowest BCUT2D eigenvalue weighted by Crippen LogP contribution is -2.35. The molecule has 9 heteroatoms. The van der Waals surface area contributed by atoms with Gasteiger partial charge in [-0.2, -0.15) is 0 Å². The Labute approximate surface area is 124 Å². The largest absolute Gasteiger partial charge is 0.455 e. The van der Waals surface area contributed by atoms with E-state index in [0.717, 1.165) is 11.3 Å². The molecule has 0 aliphatic carbocycles. The Kier molecular flexibility index (Phi) is 3.43. The van der Waals surface area contributed by atoms with Crippen LogP contribution in [0.5, 0.6) is 10.8 Å². The molecule has 2 N–H and O–H groups in total. The van der Waals surface area contributed by atoms with Crippen molar-refractivity contribution in [3.8, 4) is 10.8 Å². The number of ether oxygens (including phenoxy) is 2. The van der Waals surface area contributed by atoms with Crippen LogP contribution in [-0.2, 0) is 10.0 Å². The van der Waals surface area contributed by atoms with Crippen molar-refractivity contribution in [3.05, 3.63) is 35.7 Å². The van der Waals surface area contributed by atoms with Gasteiger partial charge in [-0.05, 0) is 12.1 Å². The molecule has 21 heavy (non-hydrogen) atoms. The highest BCUT2D eigenvalue weighted by atomic mass is 32.2. The van der Waals surface area contributed by atoms with Crippen LogP contribution in [-0.4, -0.2) is 21.2 Å². The number of nitrogens with one attached hydrogen (secondary N) is 2. The molecule has 3 rings (SSSR count). The van der Waals surface area contributed by atoms with Crippen molar-refractivity contribution in [1.29, 1.82) is 0 Å². The summed E-state index contributed by atoms with van der Waals surface area (Å²) in [6, 6.07) is 7.65. The molecule has 0 saturated carbocycles. The maximum Gasteiger partial charge on any atom is 0.333 e. The maximum absolute atomic E-state index is 12.2. The van der Waals surface area contributed by atoms with Gasteiger partial charge in [0.1, 0.15) is 0 Å². The van der Waals surface area contributed by atoms with Crippen molar-refractivity contribution in [1.82, 2.24) is 4.72 Å². The Morgan fingerprint density at radius 1 is 1.19 bits per heavy atom. The molecule has 2 bridgehead atoms. The summed E-state index contributed by atoms with van der Waals surface area (Å²) in [5.41, 5.74) is 0.482. The number of rotatable bonds is 3. The van der Waals surface area contributed by atoms with Crippen molar-refractivity contribution < 1.29 is 22.7 Å². The van der Waals surface area contributed by atoms with Crippen LogP contribution in [0.2, 0.25) is 0 Å². The number of urea groups is 1. The van der Waals surface area contributed by atoms with Crippen LogP contribution in [0.25, 0.3) is 0 Å². The number of carbonyl (C=O) groups excluding carboxylic acids is 1. The second-order valence-corrected chi connectivity index (χ2v) is 6.51. The number of hydrogen-bond donors (Lipinski definition) is 2. The van der Waals surface area contributed by atoms with Crippen LogP contribution in [0, 0.1) is 0 Å². The molecule has 0 saturated heterocycles. The normalized spacial score (nSPS) is 13.0. The maximum atomic E-state index is 12.2. The van der Waals surface area contributed by atoms with Crippen molar-refractivity contribution in [2.45, 2.75) is 4.90 Å². The molecule has 7 nitrogen and oxygen atoms in total. The third-order valence-electron chi connectivity index (χ3n) is 2.61. The Morgan fingerprint density at radius 3 is 2.67 bits per heavy atom. The summed E-state index contributed by atoms with van der Waals surface area (Å²) in [7, 11) is -4.06. The molecule has 1 aliphatic heterocycles. The molecule has 1 aromatic carbocycles. The molecule has 0 unspecified atom stereocenters. The average Bonchev–Trinajstić information content (AvgIpc) is 2.71. The van der Waals surface area contributed by atoms with Gasteiger partial charge in [0.15, 0.2) is 10.6 Å². The molecule has 0 radical (unpaired) electrons. The molecular formula is C12H10N2O5S2. The van der Waals surface area contributed by atoms with Gasteiger partial charge in [0.05, 0.1) is 0 Å². The van der Waals surface area contributed by atoms with Crippen LogP contribution in [0.4, 0.5) is 10.5 Å². The van der Waals surface area contributed by atoms with Crippen molar-refractivity contribution >= 4 is 33.1 Å². The summed E-state index contributed by atoms with van der Waals surface area (Å²) in [5.74, 6) is 0.182. The summed E-state index contributed by atoms with van der Waals surface area (Å²) in [6.45, 7) is -0.0383. The number of amides is 2. The fraction of sp³-hybridized carbons (Fsp3) is 0.0833. The highest BCUT2D eigenvalue weighted by Crippen LogP contribution is 2.42. The number of fused-ring (bicyclic) bond motifs is 2. The lowest BCUT2D eigenvalue weighted by Gasteiger charge is -2.15. The van der Waals surface area contributed by atoms with Gasteiger partial charge in [-0.25, -0.2) is 17.9 Å². The third-order valence-corrected chi connectivity index (χ3v) is 4.99. The predicted molar refractivity (Wildman–Crippen MR) is 76.2 cm³/mol. The minimum absolute atomic E-state index is 0.0383. The molecule has 1 aliphatic rings. The van der Waals surface area contributed by atoms with Crippen molar-refractivity contribution in [3.63, 3.8) is 0 Å². The van der Waals surface area contributed by atoms with E-state index in [1.807, 2.05) is 4.72 Å². The van der Waals surface area contributed by atoms with Gasteiger partial charge in [-0.15, -0.1) is 11.3 Å². The van der Waals surface area contributed by atoms with E-state index in [1.165, 1.54) is 5.38 Å². The highest BCUT2D eigenvalue weighted by Gasteiger charge is 2.32. The van der Waals surface area contributed by atoms with Gasteiger partial charge in [-0.1, -0.05) is 18.2 Å². The van der Waals surface area contributed by atoms with Gasteiger partial charge in [0.25, 0.3) is 10.0 Å². The first-order valence-corrected chi connectivity index (χ1v) is 8.18. The van der Waals surface area contributed by atoms with Crippen LogP contribution >= 0.6 is 11.3 Å². The fourth-order valence-electron chi connectivity index (χ4n) is 1.75. The number of thiophene rings is 1. The Morgan fingerprint density at radius 2 is 1.95 bits per heavy atom. The molecule has 2 heterocycles. The Balaban J connectivity index is 1.78. The van der Waals surface area contributed by atoms with E-state index in [1.54, 1.807) is 30.3 Å². The van der Waals surface area contributed by atoms with E-state index in [0.29, 0.717) is 5.69 Å². The zero-order valence-electron chi connectivity index (χ0n) is 10.5. The SMILES string of the molecule is O=C(Nc1ccccc1)NS(=O)(=O)c1c2csc1OCO2. The molecule has 1 aromatic heterocycles. The molecule has 0 atom stereocenters. The van der Waals surface area contributed by atoms with E-state index < -0.39 is 16.1 Å². The molecular weight excluding hydrogens is 316 g/mol. The van der Waals surface area contributed by atoms with Gasteiger partial charge >= 0.3 is 6.03 Å². The van der Waals surface area contributed by atoms with Crippen LogP contribution in [0.15, 0.2) is 40.6 Å². The molecule has 2 aromatic rings. The van der Waals surface area contributed by atoms with E-state index in [-0.39, 0.29) is 22.5 Å². The Hall–Kier alpha value is -2.26.